The molecule has 0 fully saturated rings. The molecule has 0 amide bonds. The van der Waals surface area contributed by atoms with Crippen LogP contribution in [0.3, 0.4) is 0 Å². The van der Waals surface area contributed by atoms with E-state index < -0.39 is 0 Å². The van der Waals surface area contributed by atoms with E-state index in [0.29, 0.717) is 6.61 Å². The summed E-state index contributed by atoms with van der Waals surface area (Å²) in [4.78, 5) is 11.5. The lowest BCUT2D eigenvalue weighted by atomic mass is 10.0. The zero-order valence-corrected chi connectivity index (χ0v) is 11.3. The Morgan fingerprint density at radius 2 is 2.00 bits per heavy atom. The van der Waals surface area contributed by atoms with Gasteiger partial charge in [0, 0.05) is 0 Å². The van der Waals surface area contributed by atoms with Gasteiger partial charge < -0.3 is 4.74 Å². The number of carbonyl (C=O) groups excluding carboxylic acids is 1. The third-order valence-corrected chi connectivity index (χ3v) is 3.17. The van der Waals surface area contributed by atoms with Gasteiger partial charge in [-0.1, -0.05) is 38.7 Å². The third-order valence-electron chi connectivity index (χ3n) is 3.17. The van der Waals surface area contributed by atoms with Gasteiger partial charge >= 0.3 is 0 Å². The van der Waals surface area contributed by atoms with E-state index in [1.165, 1.54) is 32.1 Å². The molecule has 0 radical (unpaired) electrons. The molecule has 0 aromatic heterocycles. The van der Waals surface area contributed by atoms with Crippen LogP contribution < -0.4 is 0 Å². The molecule has 1 aliphatic rings. The first-order chi connectivity index (χ1) is 8.16. The molecule has 0 aromatic carbocycles. The van der Waals surface area contributed by atoms with Crippen LogP contribution in [0.2, 0.25) is 0 Å². The summed E-state index contributed by atoms with van der Waals surface area (Å²) < 4.78 is 5.43. The van der Waals surface area contributed by atoms with Crippen LogP contribution in [-0.4, -0.2) is 12.4 Å². The molecule has 96 valence electrons. The zero-order valence-electron chi connectivity index (χ0n) is 11.3. The summed E-state index contributed by atoms with van der Waals surface area (Å²) in [5.74, 6) is 0.909. The van der Waals surface area contributed by atoms with Crippen molar-refractivity contribution in [1.29, 1.82) is 0 Å². The molecule has 1 aliphatic heterocycles. The van der Waals surface area contributed by atoms with Gasteiger partial charge in [0.2, 0.25) is 0 Å². The van der Waals surface area contributed by atoms with Gasteiger partial charge in [-0.2, -0.15) is 0 Å². The molecule has 1 rings (SSSR count). The number of carbonyl (C=O) groups is 1. The fourth-order valence-electron chi connectivity index (χ4n) is 2.22. The van der Waals surface area contributed by atoms with Gasteiger partial charge in [-0.05, 0) is 32.3 Å². The summed E-state index contributed by atoms with van der Waals surface area (Å²) in [6.07, 6.45) is 9.68. The lowest BCUT2D eigenvalue weighted by molar-refractivity contribution is -0.113. The Morgan fingerprint density at radius 3 is 2.65 bits per heavy atom. The van der Waals surface area contributed by atoms with E-state index in [1.54, 1.807) is 6.92 Å². The molecule has 1 heterocycles. The van der Waals surface area contributed by atoms with Crippen LogP contribution >= 0.6 is 0 Å². The summed E-state index contributed by atoms with van der Waals surface area (Å²) in [6, 6.07) is 0. The normalized spacial score (nSPS) is 17.7. The molecule has 0 N–H and O–H groups in total. The average molecular weight is 236 g/mol. The minimum Gasteiger partial charge on any atom is -0.493 e. The molecule has 0 saturated carbocycles. The first kappa shape index (κ1) is 14.0. The van der Waals surface area contributed by atoms with Gasteiger partial charge in [0.1, 0.15) is 12.4 Å². The maximum atomic E-state index is 11.5. The summed E-state index contributed by atoms with van der Waals surface area (Å²) in [6.45, 7) is 6.29. The molecule has 0 unspecified atom stereocenters. The Hall–Kier alpha value is -1.05. The molecule has 0 aromatic rings. The predicted molar refractivity (Wildman–Crippen MR) is 70.8 cm³/mol. The van der Waals surface area contributed by atoms with Gasteiger partial charge in [-0.3, -0.25) is 4.79 Å². The lowest BCUT2D eigenvalue weighted by Crippen LogP contribution is -1.99. The maximum Gasteiger partial charge on any atom is 0.163 e. The summed E-state index contributed by atoms with van der Waals surface area (Å²) in [7, 11) is 0. The van der Waals surface area contributed by atoms with Crippen molar-refractivity contribution in [2.75, 3.05) is 6.61 Å². The Labute approximate surface area is 105 Å². The van der Waals surface area contributed by atoms with Gasteiger partial charge in [-0.25, -0.2) is 0 Å². The lowest BCUT2D eigenvalue weighted by Gasteiger charge is -2.00. The number of hydrogen-bond donors (Lipinski definition) is 0. The number of Topliss-reactive ketones (excluding diaryl/α,β-unsaturated/α-hetero) is 1. The minimum atomic E-state index is 0.122. The monoisotopic (exact) mass is 236 g/mol. The second-order valence-corrected chi connectivity index (χ2v) is 4.71. The molecule has 2 nitrogen and oxygen atoms in total. The number of allylic oxidation sites excluding steroid dienone is 2. The SMILES string of the molecule is CCCCCCC/C=C1/COC(C)=C1C(C)=O. The smallest absolute Gasteiger partial charge is 0.163 e. The van der Waals surface area contributed by atoms with Gasteiger partial charge in [0.05, 0.1) is 5.57 Å². The molecule has 0 saturated heterocycles. The van der Waals surface area contributed by atoms with Crippen molar-refractivity contribution in [2.24, 2.45) is 0 Å². The second-order valence-electron chi connectivity index (χ2n) is 4.71. The summed E-state index contributed by atoms with van der Waals surface area (Å²) in [5.41, 5.74) is 1.89. The molecule has 0 aliphatic carbocycles. The second kappa shape index (κ2) is 7.31. The topological polar surface area (TPSA) is 26.3 Å². The van der Waals surface area contributed by atoms with Gasteiger partial charge in [0.25, 0.3) is 0 Å². The van der Waals surface area contributed by atoms with E-state index in [-0.39, 0.29) is 5.78 Å². The van der Waals surface area contributed by atoms with Crippen LogP contribution in [0.15, 0.2) is 23.0 Å². The molecule has 0 spiro atoms. The number of hydrogen-bond acceptors (Lipinski definition) is 2. The van der Waals surface area contributed by atoms with Crippen LogP contribution in [0.25, 0.3) is 0 Å². The van der Waals surface area contributed by atoms with Crippen molar-refractivity contribution < 1.29 is 9.53 Å². The maximum absolute atomic E-state index is 11.5. The Morgan fingerprint density at radius 1 is 1.29 bits per heavy atom. The highest BCUT2D eigenvalue weighted by molar-refractivity contribution is 5.98. The van der Waals surface area contributed by atoms with Crippen molar-refractivity contribution in [3.8, 4) is 0 Å². The highest BCUT2D eigenvalue weighted by Gasteiger charge is 2.21. The van der Waals surface area contributed by atoms with Crippen molar-refractivity contribution in [1.82, 2.24) is 0 Å². The predicted octanol–water partition coefficient (Wildman–Crippen LogP) is 4.17. The van der Waals surface area contributed by atoms with Crippen LogP contribution in [0, 0.1) is 0 Å². The van der Waals surface area contributed by atoms with Crippen molar-refractivity contribution >= 4 is 5.78 Å². The highest BCUT2D eigenvalue weighted by atomic mass is 16.5. The molecule has 0 atom stereocenters. The first-order valence-corrected chi connectivity index (χ1v) is 6.70. The summed E-state index contributed by atoms with van der Waals surface area (Å²) >= 11 is 0. The van der Waals surface area contributed by atoms with E-state index in [9.17, 15) is 4.79 Å². The van der Waals surface area contributed by atoms with E-state index in [2.05, 4.69) is 13.0 Å². The molecule has 0 bridgehead atoms. The van der Waals surface area contributed by atoms with Gasteiger partial charge in [-0.15, -0.1) is 0 Å². The Balaban J connectivity index is 2.37. The van der Waals surface area contributed by atoms with E-state index >= 15 is 0 Å². The van der Waals surface area contributed by atoms with Crippen LogP contribution in [-0.2, 0) is 9.53 Å². The van der Waals surface area contributed by atoms with E-state index in [1.807, 2.05) is 6.92 Å². The number of ketones is 1. The minimum absolute atomic E-state index is 0.122. The van der Waals surface area contributed by atoms with Crippen LogP contribution in [0.1, 0.15) is 59.3 Å². The molecule has 17 heavy (non-hydrogen) atoms. The van der Waals surface area contributed by atoms with Crippen molar-refractivity contribution in [2.45, 2.75) is 59.3 Å². The molecular formula is C15H24O2. The Bertz CT molecular complexity index is 324. The molecular weight excluding hydrogens is 212 g/mol. The van der Waals surface area contributed by atoms with E-state index in [4.69, 9.17) is 4.74 Å². The fourth-order valence-corrected chi connectivity index (χ4v) is 2.22. The summed E-state index contributed by atoms with van der Waals surface area (Å²) in [5, 5.41) is 0. The number of unbranched alkanes of at least 4 members (excludes halogenated alkanes) is 5. The van der Waals surface area contributed by atoms with Crippen LogP contribution in [0.4, 0.5) is 0 Å². The van der Waals surface area contributed by atoms with Crippen molar-refractivity contribution in [3.05, 3.63) is 23.0 Å². The standard InChI is InChI=1S/C15H24O2/c1-4-5-6-7-8-9-10-14-11-17-13(3)15(14)12(2)16/h10H,4-9,11H2,1-3H3/b14-10-. The zero-order chi connectivity index (χ0) is 12.7. The average Bonchev–Trinajstić information content (AvgIpc) is 2.65. The Kier molecular flexibility index (Phi) is 6.03. The largest absolute Gasteiger partial charge is 0.493 e. The van der Waals surface area contributed by atoms with Gasteiger partial charge in [0.15, 0.2) is 5.78 Å². The first-order valence-electron chi connectivity index (χ1n) is 6.70. The number of ether oxygens (including phenoxy) is 1. The van der Waals surface area contributed by atoms with Crippen LogP contribution in [0.5, 0.6) is 0 Å². The quantitative estimate of drug-likeness (QED) is 0.620. The third kappa shape index (κ3) is 4.37. The molecule has 2 heteroatoms. The number of rotatable bonds is 7. The van der Waals surface area contributed by atoms with Crippen molar-refractivity contribution in [3.63, 3.8) is 0 Å². The van der Waals surface area contributed by atoms with E-state index in [0.717, 1.165) is 23.3 Å². The fraction of sp³-hybridized carbons (Fsp3) is 0.667. The highest BCUT2D eigenvalue weighted by Crippen LogP contribution is 2.25.